The third-order valence-electron chi connectivity index (χ3n) is 3.06. The summed E-state index contributed by atoms with van der Waals surface area (Å²) in [7, 11) is -2.91. The SMILES string of the molecule is CCS(=O)(=O)CCCN1CCCNC(C)C1=O. The highest BCUT2D eigenvalue weighted by Gasteiger charge is 2.22. The van der Waals surface area contributed by atoms with Crippen LogP contribution >= 0.6 is 0 Å². The molecule has 0 aromatic rings. The number of amides is 1. The summed E-state index contributed by atoms with van der Waals surface area (Å²) in [4.78, 5) is 13.7. The molecule has 1 aliphatic heterocycles. The van der Waals surface area contributed by atoms with Crippen LogP contribution in [0.1, 0.15) is 26.7 Å². The van der Waals surface area contributed by atoms with Crippen molar-refractivity contribution in [2.45, 2.75) is 32.7 Å². The monoisotopic (exact) mass is 262 g/mol. The largest absolute Gasteiger partial charge is 0.341 e. The smallest absolute Gasteiger partial charge is 0.239 e. The van der Waals surface area contributed by atoms with Crippen LogP contribution in [0.2, 0.25) is 0 Å². The third-order valence-corrected chi connectivity index (χ3v) is 4.85. The van der Waals surface area contributed by atoms with Crippen molar-refractivity contribution in [3.05, 3.63) is 0 Å². The first-order chi connectivity index (χ1) is 7.96. The molecule has 0 aromatic carbocycles. The second-order valence-electron chi connectivity index (χ2n) is 4.44. The van der Waals surface area contributed by atoms with Crippen molar-refractivity contribution in [1.29, 1.82) is 0 Å². The highest BCUT2D eigenvalue weighted by Crippen LogP contribution is 2.04. The molecule has 1 atom stereocenters. The van der Waals surface area contributed by atoms with Crippen molar-refractivity contribution in [3.63, 3.8) is 0 Å². The molecule has 1 amide bonds. The molecule has 0 saturated carbocycles. The molecular weight excluding hydrogens is 240 g/mol. The molecule has 0 aromatic heterocycles. The van der Waals surface area contributed by atoms with Crippen LogP contribution < -0.4 is 5.32 Å². The maximum Gasteiger partial charge on any atom is 0.239 e. The van der Waals surface area contributed by atoms with Gasteiger partial charge in [-0.3, -0.25) is 4.79 Å². The number of carbonyl (C=O) groups is 1. The summed E-state index contributed by atoms with van der Waals surface area (Å²) in [5.74, 6) is 0.435. The zero-order valence-electron chi connectivity index (χ0n) is 10.6. The first-order valence-electron chi connectivity index (χ1n) is 6.19. The van der Waals surface area contributed by atoms with Crippen LogP contribution in [0.3, 0.4) is 0 Å². The van der Waals surface area contributed by atoms with E-state index in [9.17, 15) is 13.2 Å². The zero-order chi connectivity index (χ0) is 12.9. The van der Waals surface area contributed by atoms with Crippen molar-refractivity contribution in [1.82, 2.24) is 10.2 Å². The number of nitrogens with one attached hydrogen (secondary N) is 1. The Morgan fingerprint density at radius 2 is 2.18 bits per heavy atom. The van der Waals surface area contributed by atoms with E-state index >= 15 is 0 Å². The molecule has 0 bridgehead atoms. The lowest BCUT2D eigenvalue weighted by atomic mass is 10.3. The van der Waals surface area contributed by atoms with Gasteiger partial charge in [0.25, 0.3) is 0 Å². The first-order valence-corrected chi connectivity index (χ1v) is 8.01. The summed E-state index contributed by atoms with van der Waals surface area (Å²) in [6, 6.07) is -0.153. The standard InChI is InChI=1S/C11H22N2O3S/c1-3-17(15,16)9-5-8-13-7-4-6-12-10(2)11(13)14/h10,12H,3-9H2,1-2H3. The normalized spacial score (nSPS) is 22.6. The van der Waals surface area contributed by atoms with Gasteiger partial charge in [-0.25, -0.2) is 8.42 Å². The van der Waals surface area contributed by atoms with Gasteiger partial charge in [-0.15, -0.1) is 0 Å². The predicted octanol–water partition coefficient (Wildman–Crippen LogP) is 0.0216. The second-order valence-corrected chi connectivity index (χ2v) is 6.92. The zero-order valence-corrected chi connectivity index (χ0v) is 11.4. The van der Waals surface area contributed by atoms with Crippen molar-refractivity contribution in [2.24, 2.45) is 0 Å². The van der Waals surface area contributed by atoms with Gasteiger partial charge in [0, 0.05) is 18.8 Å². The van der Waals surface area contributed by atoms with Crippen LogP contribution in [0.5, 0.6) is 0 Å². The molecule has 1 saturated heterocycles. The van der Waals surface area contributed by atoms with Crippen LogP contribution in [0, 0.1) is 0 Å². The Kier molecular flexibility index (Phi) is 5.39. The Balaban J connectivity index is 2.42. The lowest BCUT2D eigenvalue weighted by Crippen LogP contribution is -2.42. The molecule has 0 aliphatic carbocycles. The lowest BCUT2D eigenvalue weighted by molar-refractivity contribution is -0.132. The third kappa shape index (κ3) is 4.63. The summed E-state index contributed by atoms with van der Waals surface area (Å²) in [5.41, 5.74) is 0. The molecular formula is C11H22N2O3S. The topological polar surface area (TPSA) is 66.5 Å². The van der Waals surface area contributed by atoms with Gasteiger partial charge >= 0.3 is 0 Å². The fraction of sp³-hybridized carbons (Fsp3) is 0.909. The molecule has 6 heteroatoms. The molecule has 1 rings (SSSR count). The van der Waals surface area contributed by atoms with Gasteiger partial charge in [0.2, 0.25) is 5.91 Å². The minimum atomic E-state index is -2.91. The van der Waals surface area contributed by atoms with Gasteiger partial charge in [-0.05, 0) is 26.3 Å². The van der Waals surface area contributed by atoms with Crippen LogP contribution in [-0.4, -0.2) is 56.4 Å². The Hall–Kier alpha value is -0.620. The summed E-state index contributed by atoms with van der Waals surface area (Å²) >= 11 is 0. The average molecular weight is 262 g/mol. The quantitative estimate of drug-likeness (QED) is 0.758. The Bertz CT molecular complexity index is 354. The van der Waals surface area contributed by atoms with Gasteiger partial charge in [-0.2, -0.15) is 0 Å². The van der Waals surface area contributed by atoms with Gasteiger partial charge in [0.1, 0.15) is 9.84 Å². The van der Waals surface area contributed by atoms with E-state index in [2.05, 4.69) is 5.32 Å². The molecule has 1 heterocycles. The number of hydrogen-bond acceptors (Lipinski definition) is 4. The maximum atomic E-state index is 11.9. The summed E-state index contributed by atoms with van der Waals surface area (Å²) < 4.78 is 22.7. The summed E-state index contributed by atoms with van der Waals surface area (Å²) in [6.07, 6.45) is 1.46. The average Bonchev–Trinajstić information content (AvgIpc) is 2.44. The van der Waals surface area contributed by atoms with Gasteiger partial charge in [0.05, 0.1) is 11.8 Å². The van der Waals surface area contributed by atoms with E-state index in [-0.39, 0.29) is 23.5 Å². The summed E-state index contributed by atoms with van der Waals surface area (Å²) in [6.45, 7) is 5.62. The molecule has 5 nitrogen and oxygen atoms in total. The minimum Gasteiger partial charge on any atom is -0.341 e. The highest BCUT2D eigenvalue weighted by molar-refractivity contribution is 7.91. The number of nitrogens with zero attached hydrogens (tertiary/aromatic N) is 1. The number of sulfone groups is 1. The molecule has 100 valence electrons. The fourth-order valence-corrected chi connectivity index (χ4v) is 2.76. The Morgan fingerprint density at radius 1 is 1.47 bits per heavy atom. The molecule has 1 fully saturated rings. The molecule has 1 N–H and O–H groups in total. The van der Waals surface area contributed by atoms with Crippen molar-refractivity contribution < 1.29 is 13.2 Å². The van der Waals surface area contributed by atoms with E-state index in [1.165, 1.54) is 0 Å². The fourth-order valence-electron chi connectivity index (χ4n) is 1.90. The second kappa shape index (κ2) is 6.35. The van der Waals surface area contributed by atoms with E-state index in [1.54, 1.807) is 11.8 Å². The van der Waals surface area contributed by atoms with E-state index in [0.29, 0.717) is 13.0 Å². The van der Waals surface area contributed by atoms with E-state index in [4.69, 9.17) is 0 Å². The van der Waals surface area contributed by atoms with E-state index < -0.39 is 9.84 Å². The van der Waals surface area contributed by atoms with Crippen LogP contribution in [0.4, 0.5) is 0 Å². The van der Waals surface area contributed by atoms with Crippen molar-refractivity contribution in [2.75, 3.05) is 31.1 Å². The van der Waals surface area contributed by atoms with Crippen LogP contribution in [0.15, 0.2) is 0 Å². The van der Waals surface area contributed by atoms with Crippen LogP contribution in [-0.2, 0) is 14.6 Å². The number of carbonyl (C=O) groups excluding carboxylic acids is 1. The molecule has 17 heavy (non-hydrogen) atoms. The van der Waals surface area contributed by atoms with E-state index in [0.717, 1.165) is 19.5 Å². The highest BCUT2D eigenvalue weighted by atomic mass is 32.2. The lowest BCUT2D eigenvalue weighted by Gasteiger charge is -2.22. The molecule has 1 unspecified atom stereocenters. The molecule has 0 spiro atoms. The van der Waals surface area contributed by atoms with Crippen molar-refractivity contribution in [3.8, 4) is 0 Å². The minimum absolute atomic E-state index is 0.0800. The molecule has 1 aliphatic rings. The Morgan fingerprint density at radius 3 is 2.82 bits per heavy atom. The summed E-state index contributed by atoms with van der Waals surface area (Å²) in [5, 5.41) is 3.13. The van der Waals surface area contributed by atoms with Crippen molar-refractivity contribution >= 4 is 15.7 Å². The Labute approximate surface area is 103 Å². The van der Waals surface area contributed by atoms with E-state index in [1.807, 2.05) is 6.92 Å². The number of hydrogen-bond donors (Lipinski definition) is 1. The molecule has 0 radical (unpaired) electrons. The van der Waals surface area contributed by atoms with Crippen LogP contribution in [0.25, 0.3) is 0 Å². The number of rotatable bonds is 5. The maximum absolute atomic E-state index is 11.9. The van der Waals surface area contributed by atoms with Gasteiger partial charge in [0.15, 0.2) is 0 Å². The van der Waals surface area contributed by atoms with Gasteiger partial charge < -0.3 is 10.2 Å². The van der Waals surface area contributed by atoms with Gasteiger partial charge in [-0.1, -0.05) is 6.92 Å². The predicted molar refractivity (Wildman–Crippen MR) is 67.6 cm³/mol. The first kappa shape index (κ1) is 14.4.